The number of guanidine groups is 1. The van der Waals surface area contributed by atoms with Crippen LogP contribution in [0.4, 0.5) is 5.69 Å². The smallest absolute Gasteiger partial charge is 0.188 e. The van der Waals surface area contributed by atoms with Crippen molar-refractivity contribution >= 4 is 23.2 Å². The predicted molar refractivity (Wildman–Crippen MR) is 83.9 cm³/mol. The van der Waals surface area contributed by atoms with Crippen molar-refractivity contribution in [1.29, 1.82) is 0 Å². The SMILES string of the molecule is CCN=C(N)NC1CCN(c2cc(Cl)ccc2OC)C1. The zero-order valence-electron chi connectivity index (χ0n) is 11.9. The minimum absolute atomic E-state index is 0.300. The summed E-state index contributed by atoms with van der Waals surface area (Å²) in [6.07, 6.45) is 1.01. The third-order valence-electron chi connectivity index (χ3n) is 3.35. The summed E-state index contributed by atoms with van der Waals surface area (Å²) < 4.78 is 5.40. The van der Waals surface area contributed by atoms with Gasteiger partial charge in [-0.3, -0.25) is 4.99 Å². The van der Waals surface area contributed by atoms with Gasteiger partial charge in [0.05, 0.1) is 12.8 Å². The van der Waals surface area contributed by atoms with Gasteiger partial charge in [0, 0.05) is 30.7 Å². The molecule has 0 amide bonds. The number of nitrogens with zero attached hydrogens (tertiary/aromatic N) is 2. The molecule has 1 aromatic carbocycles. The lowest BCUT2D eigenvalue weighted by Gasteiger charge is -2.22. The van der Waals surface area contributed by atoms with E-state index < -0.39 is 0 Å². The van der Waals surface area contributed by atoms with Crippen LogP contribution in [-0.4, -0.2) is 38.7 Å². The van der Waals surface area contributed by atoms with Gasteiger partial charge in [0.1, 0.15) is 5.75 Å². The molecular weight excluding hydrogens is 276 g/mol. The van der Waals surface area contributed by atoms with Gasteiger partial charge in [0.25, 0.3) is 0 Å². The van der Waals surface area contributed by atoms with Crippen LogP contribution < -0.4 is 20.7 Å². The Morgan fingerprint density at radius 1 is 1.60 bits per heavy atom. The van der Waals surface area contributed by atoms with Crippen LogP contribution in [0.1, 0.15) is 13.3 Å². The first-order valence-corrected chi connectivity index (χ1v) is 7.16. The molecule has 0 aromatic heterocycles. The van der Waals surface area contributed by atoms with Crippen LogP contribution in [-0.2, 0) is 0 Å². The molecule has 20 heavy (non-hydrogen) atoms. The molecule has 0 radical (unpaired) electrons. The van der Waals surface area contributed by atoms with E-state index in [9.17, 15) is 0 Å². The predicted octanol–water partition coefficient (Wildman–Crippen LogP) is 1.85. The number of nitrogens with two attached hydrogens (primary N) is 1. The fourth-order valence-corrected chi connectivity index (χ4v) is 2.60. The Hall–Kier alpha value is -1.62. The highest BCUT2D eigenvalue weighted by atomic mass is 35.5. The topological polar surface area (TPSA) is 62.9 Å². The molecule has 1 aliphatic heterocycles. The van der Waals surface area contributed by atoms with Crippen molar-refractivity contribution in [1.82, 2.24) is 5.32 Å². The molecule has 2 rings (SSSR count). The van der Waals surface area contributed by atoms with Gasteiger partial charge >= 0.3 is 0 Å². The van der Waals surface area contributed by atoms with E-state index in [1.807, 2.05) is 25.1 Å². The maximum atomic E-state index is 6.08. The van der Waals surface area contributed by atoms with Crippen LogP contribution in [0.2, 0.25) is 5.02 Å². The lowest BCUT2D eigenvalue weighted by atomic mass is 10.2. The van der Waals surface area contributed by atoms with Crippen LogP contribution in [0.15, 0.2) is 23.2 Å². The summed E-state index contributed by atoms with van der Waals surface area (Å²) in [6, 6.07) is 5.97. The van der Waals surface area contributed by atoms with Crippen molar-refractivity contribution in [2.24, 2.45) is 10.7 Å². The van der Waals surface area contributed by atoms with Gasteiger partial charge in [0.2, 0.25) is 0 Å². The summed E-state index contributed by atoms with van der Waals surface area (Å²) in [5.41, 5.74) is 6.83. The summed E-state index contributed by atoms with van der Waals surface area (Å²) in [6.45, 7) is 4.45. The first-order chi connectivity index (χ1) is 9.63. The second-order valence-corrected chi connectivity index (χ2v) is 5.19. The number of methoxy groups -OCH3 is 1. The molecule has 0 saturated carbocycles. The Labute approximate surface area is 124 Å². The average Bonchev–Trinajstić information content (AvgIpc) is 2.87. The van der Waals surface area contributed by atoms with Crippen molar-refractivity contribution in [3.63, 3.8) is 0 Å². The number of benzene rings is 1. The lowest BCUT2D eigenvalue weighted by Crippen LogP contribution is -2.41. The number of halogens is 1. The van der Waals surface area contributed by atoms with Gasteiger partial charge in [-0.25, -0.2) is 0 Å². The Balaban J connectivity index is 2.06. The molecule has 3 N–H and O–H groups in total. The van der Waals surface area contributed by atoms with Crippen molar-refractivity contribution < 1.29 is 4.74 Å². The van der Waals surface area contributed by atoms with Gasteiger partial charge in [0.15, 0.2) is 5.96 Å². The molecule has 1 aromatic rings. The quantitative estimate of drug-likeness (QED) is 0.657. The lowest BCUT2D eigenvalue weighted by molar-refractivity contribution is 0.415. The van der Waals surface area contributed by atoms with Gasteiger partial charge in [-0.15, -0.1) is 0 Å². The molecule has 0 bridgehead atoms. The number of ether oxygens (including phenoxy) is 1. The molecule has 1 saturated heterocycles. The van der Waals surface area contributed by atoms with Crippen molar-refractivity contribution in [3.8, 4) is 5.75 Å². The van der Waals surface area contributed by atoms with Crippen LogP contribution in [0.5, 0.6) is 5.75 Å². The highest BCUT2D eigenvalue weighted by Crippen LogP contribution is 2.33. The Bertz CT molecular complexity index is 492. The number of anilines is 1. The first kappa shape index (κ1) is 14.8. The van der Waals surface area contributed by atoms with Gasteiger partial charge in [-0.2, -0.15) is 0 Å². The van der Waals surface area contributed by atoms with E-state index in [-0.39, 0.29) is 0 Å². The fraction of sp³-hybridized carbons (Fsp3) is 0.500. The van der Waals surface area contributed by atoms with E-state index in [1.165, 1.54) is 0 Å². The maximum Gasteiger partial charge on any atom is 0.188 e. The standard InChI is InChI=1S/C14H21ClN4O/c1-3-17-14(16)18-11-6-7-19(9-11)12-8-10(15)4-5-13(12)20-2/h4-5,8,11H,3,6-7,9H2,1-2H3,(H3,16,17,18). The minimum atomic E-state index is 0.300. The third-order valence-corrected chi connectivity index (χ3v) is 3.59. The summed E-state index contributed by atoms with van der Waals surface area (Å²) in [4.78, 5) is 6.40. The van der Waals surface area contributed by atoms with E-state index >= 15 is 0 Å². The molecule has 0 spiro atoms. The molecular formula is C14H21ClN4O. The monoisotopic (exact) mass is 296 g/mol. The van der Waals surface area contributed by atoms with E-state index in [4.69, 9.17) is 22.1 Å². The van der Waals surface area contributed by atoms with Gasteiger partial charge in [-0.1, -0.05) is 11.6 Å². The van der Waals surface area contributed by atoms with E-state index in [0.717, 1.165) is 30.9 Å². The van der Waals surface area contributed by atoms with Crippen LogP contribution >= 0.6 is 11.6 Å². The molecule has 5 nitrogen and oxygen atoms in total. The Morgan fingerprint density at radius 3 is 3.10 bits per heavy atom. The molecule has 1 unspecified atom stereocenters. The average molecular weight is 297 g/mol. The van der Waals surface area contributed by atoms with E-state index in [0.29, 0.717) is 23.6 Å². The Morgan fingerprint density at radius 2 is 2.40 bits per heavy atom. The summed E-state index contributed by atoms with van der Waals surface area (Å²) in [7, 11) is 1.67. The number of aliphatic imine (C=N–C) groups is 1. The van der Waals surface area contributed by atoms with E-state index in [2.05, 4.69) is 15.2 Å². The van der Waals surface area contributed by atoms with Crippen LogP contribution in [0.25, 0.3) is 0 Å². The first-order valence-electron chi connectivity index (χ1n) is 6.79. The van der Waals surface area contributed by atoms with Gasteiger partial charge < -0.3 is 20.7 Å². The number of hydrogen-bond acceptors (Lipinski definition) is 3. The Kier molecular flexibility index (Phi) is 4.95. The van der Waals surface area contributed by atoms with Crippen molar-refractivity contribution in [2.45, 2.75) is 19.4 Å². The molecule has 110 valence electrons. The van der Waals surface area contributed by atoms with Crippen LogP contribution in [0, 0.1) is 0 Å². The van der Waals surface area contributed by atoms with Gasteiger partial charge in [-0.05, 0) is 31.5 Å². The molecule has 1 aliphatic rings. The summed E-state index contributed by atoms with van der Waals surface area (Å²) in [5, 5.41) is 3.96. The zero-order chi connectivity index (χ0) is 14.5. The number of hydrogen-bond donors (Lipinski definition) is 2. The third kappa shape index (κ3) is 3.48. The highest BCUT2D eigenvalue weighted by Gasteiger charge is 2.25. The largest absolute Gasteiger partial charge is 0.495 e. The minimum Gasteiger partial charge on any atom is -0.495 e. The van der Waals surface area contributed by atoms with Crippen molar-refractivity contribution in [2.75, 3.05) is 31.6 Å². The fourth-order valence-electron chi connectivity index (χ4n) is 2.43. The number of rotatable bonds is 4. The second-order valence-electron chi connectivity index (χ2n) is 4.75. The van der Waals surface area contributed by atoms with E-state index in [1.54, 1.807) is 7.11 Å². The maximum absolute atomic E-state index is 6.08. The summed E-state index contributed by atoms with van der Waals surface area (Å²) in [5.74, 6) is 1.35. The second kappa shape index (κ2) is 6.70. The highest BCUT2D eigenvalue weighted by molar-refractivity contribution is 6.30. The molecule has 0 aliphatic carbocycles. The summed E-state index contributed by atoms with van der Waals surface area (Å²) >= 11 is 6.08. The molecule has 1 fully saturated rings. The zero-order valence-corrected chi connectivity index (χ0v) is 12.7. The normalized spacial score (nSPS) is 19.2. The molecule has 1 atom stereocenters. The molecule has 1 heterocycles. The van der Waals surface area contributed by atoms with Crippen LogP contribution in [0.3, 0.4) is 0 Å². The molecule has 6 heteroatoms. The number of nitrogens with one attached hydrogen (secondary N) is 1. The van der Waals surface area contributed by atoms with Crippen molar-refractivity contribution in [3.05, 3.63) is 23.2 Å².